The number of nitrogens with zero attached hydrogens (tertiary/aromatic N) is 2. The Morgan fingerprint density at radius 1 is 1.09 bits per heavy atom. The van der Waals surface area contributed by atoms with Gasteiger partial charge in [-0.1, -0.05) is 0 Å². The third-order valence-electron chi connectivity index (χ3n) is 3.48. The predicted molar refractivity (Wildman–Crippen MR) is 83.5 cm³/mol. The summed E-state index contributed by atoms with van der Waals surface area (Å²) in [6.07, 6.45) is -0.457. The van der Waals surface area contributed by atoms with Crippen LogP contribution in [0.15, 0.2) is 29.2 Å². The van der Waals surface area contributed by atoms with Crippen molar-refractivity contribution in [3.8, 4) is 0 Å². The smallest absolute Gasteiger partial charge is 0.409 e. The van der Waals surface area contributed by atoms with Crippen molar-refractivity contribution in [2.45, 2.75) is 11.8 Å². The molecule has 1 saturated heterocycles. The number of amides is 2. The number of piperazine rings is 1. The first-order valence-electron chi connectivity index (χ1n) is 7.05. The van der Waals surface area contributed by atoms with Gasteiger partial charge in [-0.25, -0.2) is 13.2 Å². The van der Waals surface area contributed by atoms with E-state index in [4.69, 9.17) is 0 Å². The van der Waals surface area contributed by atoms with E-state index >= 15 is 0 Å². The Labute approximate surface area is 135 Å². The highest BCUT2D eigenvalue weighted by molar-refractivity contribution is 7.89. The van der Waals surface area contributed by atoms with Gasteiger partial charge in [0.25, 0.3) is 0 Å². The van der Waals surface area contributed by atoms with Crippen molar-refractivity contribution in [3.05, 3.63) is 24.3 Å². The third-order valence-corrected chi connectivity index (χ3v) is 5.40. The van der Waals surface area contributed by atoms with Crippen LogP contribution in [0.5, 0.6) is 0 Å². The molecule has 0 radical (unpaired) electrons. The zero-order valence-corrected chi connectivity index (χ0v) is 13.8. The van der Waals surface area contributed by atoms with Crippen LogP contribution in [0.2, 0.25) is 0 Å². The lowest BCUT2D eigenvalue weighted by Gasteiger charge is -2.33. The van der Waals surface area contributed by atoms with Crippen LogP contribution in [0, 0.1) is 0 Å². The number of methoxy groups -OCH3 is 1. The van der Waals surface area contributed by atoms with Crippen molar-refractivity contribution >= 4 is 27.7 Å². The molecule has 1 aliphatic heterocycles. The Kier molecular flexibility index (Phi) is 5.22. The molecule has 8 nitrogen and oxygen atoms in total. The van der Waals surface area contributed by atoms with Gasteiger partial charge in [0.1, 0.15) is 0 Å². The third kappa shape index (κ3) is 3.99. The topological polar surface area (TPSA) is 96.0 Å². The quantitative estimate of drug-likeness (QED) is 0.874. The van der Waals surface area contributed by atoms with E-state index in [1.165, 1.54) is 35.4 Å². The summed E-state index contributed by atoms with van der Waals surface area (Å²) in [4.78, 5) is 24.0. The van der Waals surface area contributed by atoms with E-state index < -0.39 is 16.1 Å². The first kappa shape index (κ1) is 17.2. The highest BCUT2D eigenvalue weighted by Crippen LogP contribution is 2.20. The number of nitrogens with one attached hydrogen (secondary N) is 1. The van der Waals surface area contributed by atoms with Gasteiger partial charge in [0.2, 0.25) is 15.9 Å². The van der Waals surface area contributed by atoms with Gasteiger partial charge in [0, 0.05) is 38.8 Å². The Bertz CT molecular complexity index is 679. The summed E-state index contributed by atoms with van der Waals surface area (Å²) in [5.74, 6) is -0.223. The fraction of sp³-hybridized carbons (Fsp3) is 0.429. The molecule has 1 fully saturated rings. The summed E-state index contributed by atoms with van der Waals surface area (Å²) >= 11 is 0. The molecule has 2 amide bonds. The molecule has 0 saturated carbocycles. The average molecular weight is 341 g/mol. The lowest BCUT2D eigenvalue weighted by atomic mass is 10.3. The van der Waals surface area contributed by atoms with E-state index in [0.717, 1.165) is 0 Å². The van der Waals surface area contributed by atoms with Crippen LogP contribution in [0.25, 0.3) is 0 Å². The van der Waals surface area contributed by atoms with E-state index in [1.807, 2.05) is 0 Å². The number of anilines is 1. The molecule has 0 bridgehead atoms. The van der Waals surface area contributed by atoms with Crippen LogP contribution >= 0.6 is 0 Å². The minimum atomic E-state index is -3.62. The second-order valence-electron chi connectivity index (χ2n) is 5.07. The standard InChI is InChI=1S/C14H19N3O5S/c1-11(18)15-12-3-5-13(6-4-12)23(20,21)17-9-7-16(8-10-17)14(19)22-2/h3-6H,7-10H2,1-2H3,(H,15,18). The molecule has 23 heavy (non-hydrogen) atoms. The molecule has 126 valence electrons. The fourth-order valence-corrected chi connectivity index (χ4v) is 3.72. The molecule has 1 aliphatic rings. The monoisotopic (exact) mass is 341 g/mol. The molecule has 0 aliphatic carbocycles. The number of benzene rings is 1. The Hall–Kier alpha value is -2.13. The van der Waals surface area contributed by atoms with Crippen LogP contribution < -0.4 is 5.32 Å². The van der Waals surface area contributed by atoms with Crippen molar-refractivity contribution in [1.82, 2.24) is 9.21 Å². The van der Waals surface area contributed by atoms with Crippen molar-refractivity contribution in [2.24, 2.45) is 0 Å². The van der Waals surface area contributed by atoms with Crippen LogP contribution in [-0.2, 0) is 19.6 Å². The predicted octanol–water partition coefficient (Wildman–Crippen LogP) is 0.718. The Morgan fingerprint density at radius 3 is 2.13 bits per heavy atom. The molecular weight excluding hydrogens is 322 g/mol. The summed E-state index contributed by atoms with van der Waals surface area (Å²) in [6, 6.07) is 5.98. The highest BCUT2D eigenvalue weighted by atomic mass is 32.2. The number of hydrogen-bond donors (Lipinski definition) is 1. The first-order chi connectivity index (χ1) is 10.8. The average Bonchev–Trinajstić information content (AvgIpc) is 2.54. The Morgan fingerprint density at radius 2 is 1.65 bits per heavy atom. The molecule has 9 heteroatoms. The molecule has 0 unspecified atom stereocenters. The SMILES string of the molecule is COC(=O)N1CCN(S(=O)(=O)c2ccc(NC(C)=O)cc2)CC1. The summed E-state index contributed by atoms with van der Waals surface area (Å²) < 4.78 is 31.1. The molecular formula is C14H19N3O5S. The normalized spacial score (nSPS) is 16.0. The van der Waals surface area contributed by atoms with Gasteiger partial charge >= 0.3 is 6.09 Å². The lowest BCUT2D eigenvalue weighted by molar-refractivity contribution is -0.114. The van der Waals surface area contributed by atoms with E-state index in [2.05, 4.69) is 10.1 Å². The van der Waals surface area contributed by atoms with Crippen molar-refractivity contribution < 1.29 is 22.7 Å². The van der Waals surface area contributed by atoms with Gasteiger partial charge in [0.15, 0.2) is 0 Å². The van der Waals surface area contributed by atoms with Crippen LogP contribution in [-0.4, -0.2) is 62.9 Å². The van der Waals surface area contributed by atoms with Gasteiger partial charge in [-0.2, -0.15) is 4.31 Å². The molecule has 2 rings (SSSR count). The minimum absolute atomic E-state index is 0.151. The van der Waals surface area contributed by atoms with E-state index in [9.17, 15) is 18.0 Å². The molecule has 1 heterocycles. The number of sulfonamides is 1. The maximum atomic E-state index is 12.6. The van der Waals surface area contributed by atoms with E-state index in [0.29, 0.717) is 5.69 Å². The largest absolute Gasteiger partial charge is 0.453 e. The minimum Gasteiger partial charge on any atom is -0.453 e. The molecule has 1 N–H and O–H groups in total. The number of ether oxygens (including phenoxy) is 1. The number of hydrogen-bond acceptors (Lipinski definition) is 5. The maximum Gasteiger partial charge on any atom is 0.409 e. The highest BCUT2D eigenvalue weighted by Gasteiger charge is 2.30. The molecule has 1 aromatic rings. The van der Waals surface area contributed by atoms with Gasteiger partial charge in [0.05, 0.1) is 12.0 Å². The van der Waals surface area contributed by atoms with Crippen molar-refractivity contribution in [2.75, 3.05) is 38.6 Å². The van der Waals surface area contributed by atoms with Crippen LogP contribution in [0.3, 0.4) is 0 Å². The van der Waals surface area contributed by atoms with E-state index in [1.54, 1.807) is 12.1 Å². The molecule has 0 spiro atoms. The molecule has 0 atom stereocenters. The van der Waals surface area contributed by atoms with Gasteiger partial charge in [-0.05, 0) is 24.3 Å². The zero-order chi connectivity index (χ0) is 17.0. The lowest BCUT2D eigenvalue weighted by Crippen LogP contribution is -2.50. The van der Waals surface area contributed by atoms with Crippen molar-refractivity contribution in [3.63, 3.8) is 0 Å². The maximum absolute atomic E-state index is 12.6. The summed E-state index contributed by atoms with van der Waals surface area (Å²) in [5, 5.41) is 2.58. The second kappa shape index (κ2) is 6.97. The van der Waals surface area contributed by atoms with Gasteiger partial charge < -0.3 is 15.0 Å². The number of rotatable bonds is 3. The summed E-state index contributed by atoms with van der Waals surface area (Å²) in [6.45, 7) is 2.38. The zero-order valence-electron chi connectivity index (χ0n) is 13.0. The molecule has 0 aromatic heterocycles. The first-order valence-corrected chi connectivity index (χ1v) is 8.49. The molecule has 1 aromatic carbocycles. The van der Waals surface area contributed by atoms with Crippen LogP contribution in [0.4, 0.5) is 10.5 Å². The fourth-order valence-electron chi connectivity index (χ4n) is 2.30. The second-order valence-corrected chi connectivity index (χ2v) is 7.00. The number of carbonyl (C=O) groups excluding carboxylic acids is 2. The van der Waals surface area contributed by atoms with E-state index in [-0.39, 0.29) is 37.0 Å². The summed E-state index contributed by atoms with van der Waals surface area (Å²) in [5.41, 5.74) is 0.534. The number of carbonyl (C=O) groups is 2. The van der Waals surface area contributed by atoms with Crippen LogP contribution in [0.1, 0.15) is 6.92 Å². The summed E-state index contributed by atoms with van der Waals surface area (Å²) in [7, 11) is -2.33. The van der Waals surface area contributed by atoms with Crippen molar-refractivity contribution in [1.29, 1.82) is 0 Å². The Balaban J connectivity index is 2.07. The van der Waals surface area contributed by atoms with Gasteiger partial charge in [-0.3, -0.25) is 4.79 Å². The van der Waals surface area contributed by atoms with Gasteiger partial charge in [-0.15, -0.1) is 0 Å².